The van der Waals surface area contributed by atoms with Crippen LogP contribution >= 0.6 is 0 Å². The minimum Gasteiger partial charge on any atom is -0.457 e. The molecule has 0 unspecified atom stereocenters. The highest BCUT2D eigenvalue weighted by molar-refractivity contribution is 6.55. The molecule has 1 saturated heterocycles. The van der Waals surface area contributed by atoms with E-state index in [9.17, 15) is 9.90 Å². The molecule has 122 valence electrons. The Morgan fingerprint density at radius 1 is 1.26 bits per heavy atom. The van der Waals surface area contributed by atoms with E-state index >= 15 is 0 Å². The Morgan fingerprint density at radius 2 is 1.91 bits per heavy atom. The monoisotopic (exact) mass is 316 g/mol. The third-order valence-corrected chi connectivity index (χ3v) is 4.80. The molecule has 1 aromatic carbocycles. The van der Waals surface area contributed by atoms with Crippen LogP contribution in [0.4, 0.5) is 0 Å². The molecule has 0 aliphatic carbocycles. The normalized spacial score (nSPS) is 22.2. The maximum Gasteiger partial charge on any atom is 0.492 e. The molecule has 3 rings (SSSR count). The fraction of sp³-hybridized carbons (Fsp3) is 0.471. The Morgan fingerprint density at radius 3 is 2.52 bits per heavy atom. The van der Waals surface area contributed by atoms with Crippen molar-refractivity contribution in [3.8, 4) is 0 Å². The van der Waals surface area contributed by atoms with Crippen molar-refractivity contribution in [2.24, 2.45) is 0 Å². The average molecular weight is 316 g/mol. The van der Waals surface area contributed by atoms with Crippen molar-refractivity contribution in [1.29, 1.82) is 0 Å². The predicted octanol–water partition coefficient (Wildman–Crippen LogP) is 2.36. The van der Waals surface area contributed by atoms with E-state index in [-0.39, 0.29) is 12.6 Å². The summed E-state index contributed by atoms with van der Waals surface area (Å²) >= 11 is 0. The van der Waals surface area contributed by atoms with Crippen LogP contribution in [0.5, 0.6) is 0 Å². The standard InChI is InChI=1S/C17H21BO5/c1-16(2)17(3,4)23-18(22-16)13(9-19)8-11-5-6-14-12(7-11)10-21-15(14)20/h5-8,19H,9-10H2,1-4H3. The van der Waals surface area contributed by atoms with Gasteiger partial charge < -0.3 is 19.2 Å². The number of rotatable bonds is 3. The molecular weight excluding hydrogens is 295 g/mol. The minimum absolute atomic E-state index is 0.163. The molecule has 0 spiro atoms. The SMILES string of the molecule is CC1(C)OB(C(=Cc2ccc3c(c2)COC3=O)CO)OC1(C)C. The lowest BCUT2D eigenvalue weighted by Gasteiger charge is -2.32. The van der Waals surface area contributed by atoms with Gasteiger partial charge in [-0.15, -0.1) is 0 Å². The molecule has 2 aliphatic heterocycles. The lowest BCUT2D eigenvalue weighted by molar-refractivity contribution is 0.00578. The number of hydrogen-bond donors (Lipinski definition) is 1. The number of cyclic esters (lactones) is 1. The third-order valence-electron chi connectivity index (χ3n) is 4.80. The Labute approximate surface area is 136 Å². The lowest BCUT2D eigenvalue weighted by atomic mass is 9.77. The number of esters is 1. The zero-order valence-electron chi connectivity index (χ0n) is 13.9. The highest BCUT2D eigenvalue weighted by Gasteiger charge is 2.52. The Hall–Kier alpha value is -1.63. The molecule has 23 heavy (non-hydrogen) atoms. The average Bonchev–Trinajstić information content (AvgIpc) is 2.94. The van der Waals surface area contributed by atoms with Gasteiger partial charge in [0.25, 0.3) is 0 Å². The molecule has 6 heteroatoms. The number of hydrogen-bond acceptors (Lipinski definition) is 5. The quantitative estimate of drug-likeness (QED) is 0.685. The Kier molecular flexibility index (Phi) is 3.87. The zero-order valence-corrected chi connectivity index (χ0v) is 13.9. The minimum atomic E-state index is -0.587. The second kappa shape index (κ2) is 5.48. The number of benzene rings is 1. The summed E-state index contributed by atoms with van der Waals surface area (Å²) in [6, 6.07) is 5.46. The summed E-state index contributed by atoms with van der Waals surface area (Å²) in [6.07, 6.45) is 1.84. The molecule has 5 nitrogen and oxygen atoms in total. The second-order valence-electron chi connectivity index (χ2n) is 6.96. The molecule has 2 aliphatic rings. The molecule has 1 fully saturated rings. The van der Waals surface area contributed by atoms with Gasteiger partial charge in [0.2, 0.25) is 0 Å². The first-order valence-electron chi connectivity index (χ1n) is 7.70. The van der Waals surface area contributed by atoms with Gasteiger partial charge in [-0.25, -0.2) is 4.79 Å². The molecule has 1 aromatic rings. The van der Waals surface area contributed by atoms with Crippen LogP contribution in [-0.2, 0) is 20.7 Å². The van der Waals surface area contributed by atoms with E-state index in [1.54, 1.807) is 6.07 Å². The van der Waals surface area contributed by atoms with E-state index in [0.717, 1.165) is 11.1 Å². The van der Waals surface area contributed by atoms with Crippen LogP contribution in [0.3, 0.4) is 0 Å². The van der Waals surface area contributed by atoms with Gasteiger partial charge >= 0.3 is 13.1 Å². The molecular formula is C17H21BO5. The Bertz CT molecular complexity index is 662. The van der Waals surface area contributed by atoms with Crippen molar-refractivity contribution in [1.82, 2.24) is 0 Å². The van der Waals surface area contributed by atoms with Crippen LogP contribution < -0.4 is 0 Å². The van der Waals surface area contributed by atoms with Crippen molar-refractivity contribution in [2.75, 3.05) is 6.61 Å². The molecule has 1 N–H and O–H groups in total. The van der Waals surface area contributed by atoms with Crippen molar-refractivity contribution < 1.29 is 23.9 Å². The van der Waals surface area contributed by atoms with Crippen LogP contribution in [0.15, 0.2) is 23.7 Å². The first-order valence-corrected chi connectivity index (χ1v) is 7.70. The summed E-state index contributed by atoms with van der Waals surface area (Å²) in [7, 11) is -0.587. The first-order chi connectivity index (χ1) is 10.7. The number of ether oxygens (including phenoxy) is 1. The summed E-state index contributed by atoms with van der Waals surface area (Å²) in [5.74, 6) is -0.288. The van der Waals surface area contributed by atoms with E-state index in [2.05, 4.69) is 0 Å². The van der Waals surface area contributed by atoms with E-state index in [4.69, 9.17) is 14.0 Å². The highest BCUT2D eigenvalue weighted by Crippen LogP contribution is 2.38. The van der Waals surface area contributed by atoms with Crippen molar-refractivity contribution in [3.05, 3.63) is 40.4 Å². The zero-order chi connectivity index (χ0) is 16.8. The molecule has 0 saturated carbocycles. The largest absolute Gasteiger partial charge is 0.492 e. The molecule has 0 amide bonds. The first kappa shape index (κ1) is 16.2. The van der Waals surface area contributed by atoms with E-state index in [1.165, 1.54) is 0 Å². The topological polar surface area (TPSA) is 65.0 Å². The maximum absolute atomic E-state index is 11.5. The van der Waals surface area contributed by atoms with Crippen LogP contribution in [0, 0.1) is 0 Å². The molecule has 0 aromatic heterocycles. The van der Waals surface area contributed by atoms with Crippen LogP contribution in [0.2, 0.25) is 0 Å². The summed E-state index contributed by atoms with van der Waals surface area (Å²) in [6.45, 7) is 8.02. The van der Waals surface area contributed by atoms with E-state index < -0.39 is 18.3 Å². The lowest BCUT2D eigenvalue weighted by Crippen LogP contribution is -2.41. The smallest absolute Gasteiger partial charge is 0.457 e. The van der Waals surface area contributed by atoms with Crippen molar-refractivity contribution in [2.45, 2.75) is 45.5 Å². The van der Waals surface area contributed by atoms with Gasteiger partial charge in [0.05, 0.1) is 23.4 Å². The van der Waals surface area contributed by atoms with E-state index in [0.29, 0.717) is 17.6 Å². The van der Waals surface area contributed by atoms with Gasteiger partial charge in [-0.3, -0.25) is 0 Å². The fourth-order valence-corrected chi connectivity index (χ4v) is 2.64. The number of aliphatic hydroxyl groups excluding tert-OH is 1. The number of aliphatic hydroxyl groups is 1. The van der Waals surface area contributed by atoms with Gasteiger partial charge in [-0.05, 0) is 50.9 Å². The summed E-state index contributed by atoms with van der Waals surface area (Å²) in [4.78, 5) is 11.5. The number of carbonyl (C=O) groups excluding carboxylic acids is 1. The number of carbonyl (C=O) groups is 1. The molecule has 0 bridgehead atoms. The highest BCUT2D eigenvalue weighted by atomic mass is 16.7. The van der Waals surface area contributed by atoms with E-state index in [1.807, 2.05) is 45.9 Å². The molecule has 0 atom stereocenters. The fourth-order valence-electron chi connectivity index (χ4n) is 2.64. The maximum atomic E-state index is 11.5. The predicted molar refractivity (Wildman–Crippen MR) is 86.7 cm³/mol. The van der Waals surface area contributed by atoms with Crippen molar-refractivity contribution >= 4 is 19.2 Å². The third kappa shape index (κ3) is 2.82. The van der Waals surface area contributed by atoms with Crippen LogP contribution in [-0.4, -0.2) is 36.0 Å². The van der Waals surface area contributed by atoms with Gasteiger partial charge in [0, 0.05) is 5.56 Å². The Balaban J connectivity index is 1.87. The summed E-state index contributed by atoms with van der Waals surface area (Å²) in [5.41, 5.74) is 2.07. The van der Waals surface area contributed by atoms with Crippen LogP contribution in [0.1, 0.15) is 49.2 Å². The second-order valence-corrected chi connectivity index (χ2v) is 6.96. The molecule has 0 radical (unpaired) electrons. The van der Waals surface area contributed by atoms with Crippen molar-refractivity contribution in [3.63, 3.8) is 0 Å². The summed E-state index contributed by atoms with van der Waals surface area (Å²) < 4.78 is 16.9. The van der Waals surface area contributed by atoms with Gasteiger partial charge in [0.15, 0.2) is 0 Å². The summed E-state index contributed by atoms with van der Waals surface area (Å²) in [5, 5.41) is 9.72. The number of fused-ring (bicyclic) bond motifs is 1. The van der Waals surface area contributed by atoms with Gasteiger partial charge in [-0.1, -0.05) is 12.1 Å². The van der Waals surface area contributed by atoms with Crippen LogP contribution in [0.25, 0.3) is 6.08 Å². The van der Waals surface area contributed by atoms with Gasteiger partial charge in [-0.2, -0.15) is 0 Å². The van der Waals surface area contributed by atoms with Gasteiger partial charge in [0.1, 0.15) is 6.61 Å². The molecule has 2 heterocycles.